The summed E-state index contributed by atoms with van der Waals surface area (Å²) in [5, 5.41) is 8.81. The quantitative estimate of drug-likeness (QED) is 0.860. The van der Waals surface area contributed by atoms with Gasteiger partial charge in [-0.15, -0.1) is 12.4 Å². The number of halogens is 1. The molecule has 2 aromatic rings. The fourth-order valence-corrected chi connectivity index (χ4v) is 1.84. The van der Waals surface area contributed by atoms with E-state index < -0.39 is 12.0 Å². The van der Waals surface area contributed by atoms with Gasteiger partial charge in [-0.25, -0.2) is 0 Å². The second-order valence-corrected chi connectivity index (χ2v) is 4.57. The van der Waals surface area contributed by atoms with Gasteiger partial charge >= 0.3 is 5.97 Å². The van der Waals surface area contributed by atoms with E-state index in [1.807, 2.05) is 54.6 Å². The summed E-state index contributed by atoms with van der Waals surface area (Å²) in [6.07, 6.45) is 0.290. The molecule has 112 valence electrons. The van der Waals surface area contributed by atoms with Crippen molar-refractivity contribution in [3.8, 4) is 5.75 Å². The van der Waals surface area contributed by atoms with E-state index in [1.165, 1.54) is 0 Å². The first-order chi connectivity index (χ1) is 9.65. The Kier molecular flexibility index (Phi) is 6.72. The lowest BCUT2D eigenvalue weighted by atomic mass is 10.1. The first-order valence-electron chi connectivity index (χ1n) is 6.39. The molecule has 0 aromatic heterocycles. The number of nitrogens with two attached hydrogens (primary N) is 1. The molecule has 3 N–H and O–H groups in total. The van der Waals surface area contributed by atoms with E-state index in [0.717, 1.165) is 11.1 Å². The van der Waals surface area contributed by atoms with E-state index >= 15 is 0 Å². The number of carbonyl (C=O) groups is 1. The second-order valence-electron chi connectivity index (χ2n) is 4.57. The third-order valence-corrected chi connectivity index (χ3v) is 2.92. The van der Waals surface area contributed by atoms with Crippen LogP contribution in [0.25, 0.3) is 0 Å². The summed E-state index contributed by atoms with van der Waals surface area (Å²) in [6.45, 7) is 0.481. The number of aliphatic carboxylic acids is 1. The molecular weight excluding hydrogens is 290 g/mol. The number of hydrogen-bond acceptors (Lipinski definition) is 3. The maximum atomic E-state index is 10.7. The molecule has 0 bridgehead atoms. The highest BCUT2D eigenvalue weighted by atomic mass is 35.5. The van der Waals surface area contributed by atoms with E-state index in [0.29, 0.717) is 12.4 Å². The van der Waals surface area contributed by atoms with Crippen molar-refractivity contribution in [2.75, 3.05) is 0 Å². The molecular formula is C16H18ClNO3. The molecule has 1 atom stereocenters. The van der Waals surface area contributed by atoms with Gasteiger partial charge in [-0.2, -0.15) is 0 Å². The topological polar surface area (TPSA) is 72.5 Å². The average molecular weight is 308 g/mol. The fraction of sp³-hybridized carbons (Fsp3) is 0.188. The molecule has 0 aliphatic carbocycles. The van der Waals surface area contributed by atoms with Crippen molar-refractivity contribution in [1.82, 2.24) is 0 Å². The molecule has 0 spiro atoms. The van der Waals surface area contributed by atoms with Crippen LogP contribution in [0, 0.1) is 0 Å². The minimum atomic E-state index is -0.999. The van der Waals surface area contributed by atoms with Crippen molar-refractivity contribution in [3.05, 3.63) is 65.7 Å². The molecule has 2 aromatic carbocycles. The highest BCUT2D eigenvalue weighted by molar-refractivity contribution is 5.85. The molecule has 0 saturated heterocycles. The summed E-state index contributed by atoms with van der Waals surface area (Å²) in [6, 6.07) is 16.3. The molecule has 0 amide bonds. The standard InChI is InChI=1S/C16H17NO3.ClH/c17-15(16(18)19)10-13-7-4-8-14(9-13)20-11-12-5-2-1-3-6-12;/h1-9,15H,10-11,17H2,(H,18,19);1H. The smallest absolute Gasteiger partial charge is 0.320 e. The van der Waals surface area contributed by atoms with Crippen LogP contribution in [-0.4, -0.2) is 17.1 Å². The predicted molar refractivity (Wildman–Crippen MR) is 83.8 cm³/mol. The minimum absolute atomic E-state index is 0. The van der Waals surface area contributed by atoms with Crippen LogP contribution in [0.3, 0.4) is 0 Å². The van der Waals surface area contributed by atoms with E-state index in [4.69, 9.17) is 15.6 Å². The van der Waals surface area contributed by atoms with Gasteiger partial charge in [0, 0.05) is 0 Å². The zero-order valence-corrected chi connectivity index (χ0v) is 12.3. The van der Waals surface area contributed by atoms with Gasteiger partial charge in [0.1, 0.15) is 18.4 Å². The summed E-state index contributed by atoms with van der Waals surface area (Å²) >= 11 is 0. The van der Waals surface area contributed by atoms with Gasteiger partial charge in [-0.3, -0.25) is 4.79 Å². The first-order valence-corrected chi connectivity index (χ1v) is 6.39. The van der Waals surface area contributed by atoms with Crippen LogP contribution in [-0.2, 0) is 17.8 Å². The van der Waals surface area contributed by atoms with Crippen LogP contribution in [0.15, 0.2) is 54.6 Å². The summed E-state index contributed by atoms with van der Waals surface area (Å²) in [7, 11) is 0. The van der Waals surface area contributed by atoms with Crippen LogP contribution < -0.4 is 10.5 Å². The van der Waals surface area contributed by atoms with Crippen molar-refractivity contribution in [2.45, 2.75) is 19.1 Å². The zero-order chi connectivity index (χ0) is 14.4. The first kappa shape index (κ1) is 17.0. The minimum Gasteiger partial charge on any atom is -0.489 e. The Morgan fingerprint density at radius 1 is 1.10 bits per heavy atom. The van der Waals surface area contributed by atoms with E-state index in [1.54, 1.807) is 0 Å². The Balaban J connectivity index is 0.00000220. The number of benzene rings is 2. The van der Waals surface area contributed by atoms with E-state index in [9.17, 15) is 4.79 Å². The Hall–Kier alpha value is -2.04. The molecule has 4 nitrogen and oxygen atoms in total. The Labute approximate surface area is 130 Å². The third kappa shape index (κ3) is 5.45. The lowest BCUT2D eigenvalue weighted by Crippen LogP contribution is -2.32. The summed E-state index contributed by atoms with van der Waals surface area (Å²) in [4.78, 5) is 10.7. The molecule has 0 heterocycles. The van der Waals surface area contributed by atoms with Crippen molar-refractivity contribution >= 4 is 18.4 Å². The average Bonchev–Trinajstić information content (AvgIpc) is 2.46. The molecule has 5 heteroatoms. The number of carboxylic acid groups (broad SMARTS) is 1. The normalized spacial score (nSPS) is 11.3. The SMILES string of the molecule is Cl.NC(Cc1cccc(OCc2ccccc2)c1)C(=O)O. The highest BCUT2D eigenvalue weighted by Gasteiger charge is 2.12. The lowest BCUT2D eigenvalue weighted by Gasteiger charge is -2.10. The molecule has 2 rings (SSSR count). The summed E-state index contributed by atoms with van der Waals surface area (Å²) in [5.74, 6) is -0.287. The number of carboxylic acids is 1. The van der Waals surface area contributed by atoms with Crippen LogP contribution in [0.1, 0.15) is 11.1 Å². The third-order valence-electron chi connectivity index (χ3n) is 2.92. The zero-order valence-electron chi connectivity index (χ0n) is 11.4. The summed E-state index contributed by atoms with van der Waals surface area (Å²) < 4.78 is 5.69. The van der Waals surface area contributed by atoms with Crippen LogP contribution in [0.2, 0.25) is 0 Å². The van der Waals surface area contributed by atoms with Crippen molar-refractivity contribution < 1.29 is 14.6 Å². The van der Waals surface area contributed by atoms with E-state index in [2.05, 4.69) is 0 Å². The lowest BCUT2D eigenvalue weighted by molar-refractivity contribution is -0.138. The van der Waals surface area contributed by atoms with Gasteiger partial charge < -0.3 is 15.6 Å². The van der Waals surface area contributed by atoms with Gasteiger partial charge in [-0.1, -0.05) is 42.5 Å². The molecule has 0 saturated carbocycles. The van der Waals surface area contributed by atoms with Crippen molar-refractivity contribution in [1.29, 1.82) is 0 Å². The van der Waals surface area contributed by atoms with Gasteiger partial charge in [0.25, 0.3) is 0 Å². The van der Waals surface area contributed by atoms with Gasteiger partial charge in [0.2, 0.25) is 0 Å². The van der Waals surface area contributed by atoms with Crippen LogP contribution in [0.4, 0.5) is 0 Å². The highest BCUT2D eigenvalue weighted by Crippen LogP contribution is 2.16. The van der Waals surface area contributed by atoms with E-state index in [-0.39, 0.29) is 18.8 Å². The maximum Gasteiger partial charge on any atom is 0.320 e. The largest absolute Gasteiger partial charge is 0.489 e. The predicted octanol–water partition coefficient (Wildman–Crippen LogP) is 2.64. The molecule has 0 fully saturated rings. The second kappa shape index (κ2) is 8.29. The number of hydrogen-bond donors (Lipinski definition) is 2. The molecule has 0 aliphatic heterocycles. The maximum absolute atomic E-state index is 10.7. The van der Waals surface area contributed by atoms with Gasteiger partial charge in [0.15, 0.2) is 0 Å². The molecule has 0 radical (unpaired) electrons. The van der Waals surface area contributed by atoms with Gasteiger partial charge in [-0.05, 0) is 29.7 Å². The van der Waals surface area contributed by atoms with Crippen molar-refractivity contribution in [3.63, 3.8) is 0 Å². The van der Waals surface area contributed by atoms with Crippen LogP contribution >= 0.6 is 12.4 Å². The number of ether oxygens (including phenoxy) is 1. The monoisotopic (exact) mass is 307 g/mol. The Morgan fingerprint density at radius 3 is 2.43 bits per heavy atom. The molecule has 1 unspecified atom stereocenters. The Bertz CT molecular complexity index is 575. The Morgan fingerprint density at radius 2 is 1.76 bits per heavy atom. The van der Waals surface area contributed by atoms with Gasteiger partial charge in [0.05, 0.1) is 0 Å². The molecule has 21 heavy (non-hydrogen) atoms. The van der Waals surface area contributed by atoms with Crippen molar-refractivity contribution in [2.24, 2.45) is 5.73 Å². The number of rotatable bonds is 6. The summed E-state index contributed by atoms with van der Waals surface area (Å²) in [5.41, 5.74) is 7.46. The fourth-order valence-electron chi connectivity index (χ4n) is 1.84. The molecule has 0 aliphatic rings. The van der Waals surface area contributed by atoms with Crippen LogP contribution in [0.5, 0.6) is 5.75 Å².